The van der Waals surface area contributed by atoms with E-state index in [-0.39, 0.29) is 23.6 Å². The van der Waals surface area contributed by atoms with Gasteiger partial charge < -0.3 is 19.3 Å². The molecule has 0 aliphatic rings. The second kappa shape index (κ2) is 12.2. The maximum absolute atomic E-state index is 11.2. The van der Waals surface area contributed by atoms with Crippen LogP contribution < -0.4 is 4.74 Å². The molecule has 0 aliphatic heterocycles. The quantitative estimate of drug-likeness (QED) is 0.319. The third kappa shape index (κ3) is 11.4. The molecule has 8 nitrogen and oxygen atoms in total. The number of non-ortho nitro benzene ring substituents is 1. The van der Waals surface area contributed by atoms with Crippen molar-refractivity contribution in [1.82, 2.24) is 0 Å². The predicted octanol–water partition coefficient (Wildman–Crippen LogP) is 3.95. The fourth-order valence-electron chi connectivity index (χ4n) is 1.51. The highest BCUT2D eigenvalue weighted by Crippen LogP contribution is 2.17. The van der Waals surface area contributed by atoms with Crippen molar-refractivity contribution in [3.05, 3.63) is 34.4 Å². The lowest BCUT2D eigenvalue weighted by atomic mass is 10.1. The molecule has 0 radical (unpaired) electrons. The average Bonchev–Trinajstić information content (AvgIpc) is 2.55. The molecule has 1 rings (SSSR count). The van der Waals surface area contributed by atoms with Crippen LogP contribution in [0.3, 0.4) is 0 Å². The van der Waals surface area contributed by atoms with E-state index in [2.05, 4.69) is 0 Å². The predicted molar refractivity (Wildman–Crippen MR) is 97.3 cm³/mol. The minimum atomic E-state index is -0.801. The molecular weight excluding hydrogens is 342 g/mol. The van der Waals surface area contributed by atoms with Crippen LogP contribution in [0.5, 0.6) is 5.75 Å². The van der Waals surface area contributed by atoms with Gasteiger partial charge in [-0.3, -0.25) is 10.1 Å². The minimum Gasteiger partial charge on any atom is -0.434 e. The van der Waals surface area contributed by atoms with E-state index in [1.165, 1.54) is 24.3 Å². The van der Waals surface area contributed by atoms with Crippen molar-refractivity contribution in [1.29, 1.82) is 0 Å². The monoisotopic (exact) mass is 371 g/mol. The summed E-state index contributed by atoms with van der Waals surface area (Å²) in [7, 11) is 1.65. The van der Waals surface area contributed by atoms with Crippen molar-refractivity contribution in [2.75, 3.05) is 20.3 Å². The molecule has 0 saturated carbocycles. The number of benzene rings is 1. The molecule has 1 aromatic rings. The summed E-state index contributed by atoms with van der Waals surface area (Å²) in [6.45, 7) is 8.42. The summed E-state index contributed by atoms with van der Waals surface area (Å²) in [4.78, 5) is 21.1. The Balaban J connectivity index is 0.000000660. The third-order valence-corrected chi connectivity index (χ3v) is 3.43. The number of hydrogen-bond acceptors (Lipinski definition) is 7. The molecule has 148 valence electrons. The van der Waals surface area contributed by atoms with E-state index in [4.69, 9.17) is 19.3 Å². The molecule has 0 amide bonds. The minimum absolute atomic E-state index is 0.0597. The Bertz CT molecular complexity index is 541. The molecular formula is C18H29NO7. The van der Waals surface area contributed by atoms with Crippen molar-refractivity contribution in [3.8, 4) is 5.75 Å². The highest BCUT2D eigenvalue weighted by molar-refractivity contribution is 5.63. The third-order valence-electron chi connectivity index (χ3n) is 3.43. The summed E-state index contributed by atoms with van der Waals surface area (Å²) in [5.74, 6) is 0.660. The lowest BCUT2D eigenvalue weighted by molar-refractivity contribution is -0.384. The first-order chi connectivity index (χ1) is 12.1. The largest absolute Gasteiger partial charge is 0.513 e. The topological polar surface area (TPSA) is 108 Å². The van der Waals surface area contributed by atoms with Gasteiger partial charge in [0.15, 0.2) is 0 Å². The fourth-order valence-corrected chi connectivity index (χ4v) is 1.51. The van der Waals surface area contributed by atoms with E-state index >= 15 is 0 Å². The Labute approximate surface area is 154 Å². The van der Waals surface area contributed by atoms with Crippen molar-refractivity contribution >= 4 is 11.8 Å². The van der Waals surface area contributed by atoms with E-state index in [0.717, 1.165) is 6.42 Å². The van der Waals surface area contributed by atoms with Crippen LogP contribution in [0.15, 0.2) is 24.3 Å². The molecule has 1 N–H and O–H groups in total. The summed E-state index contributed by atoms with van der Waals surface area (Å²) >= 11 is 0. The summed E-state index contributed by atoms with van der Waals surface area (Å²) in [5, 5.41) is 18.9. The summed E-state index contributed by atoms with van der Waals surface area (Å²) in [5.41, 5.74) is -0.218. The smallest absolute Gasteiger partial charge is 0.434 e. The SMILES string of the molecule is CC(C)CCOC(=O)Oc1ccc([N+](=O)[O-])cc1.COC(C)(C)CCO. The Morgan fingerprint density at radius 2 is 1.85 bits per heavy atom. The molecule has 0 aliphatic carbocycles. The molecule has 0 saturated heterocycles. The van der Waals surface area contributed by atoms with Gasteiger partial charge in [0, 0.05) is 25.8 Å². The van der Waals surface area contributed by atoms with Crippen LogP contribution >= 0.6 is 0 Å². The summed E-state index contributed by atoms with van der Waals surface area (Å²) < 4.78 is 14.7. The molecule has 0 atom stereocenters. The second-order valence-electron chi connectivity index (χ2n) is 6.57. The van der Waals surface area contributed by atoms with E-state index in [0.29, 0.717) is 18.9 Å². The number of carbonyl (C=O) groups excluding carboxylic acids is 1. The van der Waals surface area contributed by atoms with Crippen LogP contribution in [0.25, 0.3) is 0 Å². The number of nitrogens with zero attached hydrogens (tertiary/aromatic N) is 1. The lowest BCUT2D eigenvalue weighted by Gasteiger charge is -2.20. The fraction of sp³-hybridized carbons (Fsp3) is 0.611. The number of ether oxygens (including phenoxy) is 3. The van der Waals surface area contributed by atoms with Crippen molar-refractivity contribution in [2.45, 2.75) is 46.1 Å². The highest BCUT2D eigenvalue weighted by Gasteiger charge is 2.14. The van der Waals surface area contributed by atoms with Gasteiger partial charge in [0.2, 0.25) is 0 Å². The van der Waals surface area contributed by atoms with Gasteiger partial charge in [-0.25, -0.2) is 4.79 Å². The van der Waals surface area contributed by atoms with Gasteiger partial charge in [-0.15, -0.1) is 0 Å². The number of nitro benzene ring substituents is 1. The molecule has 26 heavy (non-hydrogen) atoms. The van der Waals surface area contributed by atoms with Gasteiger partial charge in [0.05, 0.1) is 17.1 Å². The average molecular weight is 371 g/mol. The van der Waals surface area contributed by atoms with Gasteiger partial charge in [0.25, 0.3) is 5.69 Å². The standard InChI is InChI=1S/C12H15NO5.C6H14O2/c1-9(2)7-8-17-12(14)18-11-5-3-10(4-6-11)13(15)16;1-6(2,8-3)4-5-7/h3-6,9H,7-8H2,1-2H3;7H,4-5H2,1-3H3. The van der Waals surface area contributed by atoms with Gasteiger partial charge in [-0.05, 0) is 44.7 Å². The number of aliphatic hydroxyl groups excluding tert-OH is 1. The molecule has 1 aromatic carbocycles. The molecule has 0 bridgehead atoms. The van der Waals surface area contributed by atoms with Crippen molar-refractivity contribution in [3.63, 3.8) is 0 Å². The van der Waals surface area contributed by atoms with E-state index in [1.54, 1.807) is 7.11 Å². The number of carbonyl (C=O) groups is 1. The Hall–Kier alpha value is -2.19. The highest BCUT2D eigenvalue weighted by atomic mass is 16.7. The van der Waals surface area contributed by atoms with Crippen LogP contribution in [0.2, 0.25) is 0 Å². The molecule has 0 fully saturated rings. The summed E-state index contributed by atoms with van der Waals surface area (Å²) in [6.07, 6.45) is 0.656. The molecule has 0 spiro atoms. The van der Waals surface area contributed by atoms with Crippen molar-refractivity contribution in [2.24, 2.45) is 5.92 Å². The first-order valence-electron chi connectivity index (χ1n) is 8.36. The lowest BCUT2D eigenvalue weighted by Crippen LogP contribution is -2.23. The number of nitro groups is 1. The van der Waals surface area contributed by atoms with Gasteiger partial charge in [0.1, 0.15) is 5.75 Å². The van der Waals surface area contributed by atoms with Crippen LogP contribution in [0.1, 0.15) is 40.5 Å². The molecule has 8 heteroatoms. The Kier molecular flexibility index (Phi) is 11.2. The first-order valence-corrected chi connectivity index (χ1v) is 8.36. The first kappa shape index (κ1) is 23.8. The number of methoxy groups -OCH3 is 1. The van der Waals surface area contributed by atoms with Gasteiger partial charge in [-0.2, -0.15) is 0 Å². The van der Waals surface area contributed by atoms with Gasteiger partial charge >= 0.3 is 6.16 Å². The van der Waals surface area contributed by atoms with E-state index in [9.17, 15) is 14.9 Å². The summed E-state index contributed by atoms with van der Waals surface area (Å²) in [6, 6.07) is 5.22. The van der Waals surface area contributed by atoms with Crippen LogP contribution in [0, 0.1) is 16.0 Å². The van der Waals surface area contributed by atoms with E-state index in [1.807, 2.05) is 27.7 Å². The Morgan fingerprint density at radius 1 is 1.27 bits per heavy atom. The van der Waals surface area contributed by atoms with Crippen molar-refractivity contribution < 1.29 is 29.0 Å². The normalized spacial score (nSPS) is 10.7. The maximum atomic E-state index is 11.2. The maximum Gasteiger partial charge on any atom is 0.513 e. The van der Waals surface area contributed by atoms with Crippen LogP contribution in [-0.4, -0.2) is 42.1 Å². The molecule has 0 heterocycles. The van der Waals surface area contributed by atoms with E-state index < -0.39 is 11.1 Å². The zero-order valence-electron chi connectivity index (χ0n) is 16.1. The van der Waals surface area contributed by atoms with Crippen LogP contribution in [-0.2, 0) is 9.47 Å². The van der Waals surface area contributed by atoms with Crippen LogP contribution in [0.4, 0.5) is 10.5 Å². The number of aliphatic hydroxyl groups is 1. The number of rotatable bonds is 8. The zero-order chi connectivity index (χ0) is 20.2. The Morgan fingerprint density at radius 3 is 2.23 bits per heavy atom. The second-order valence-corrected chi connectivity index (χ2v) is 6.57. The number of hydrogen-bond donors (Lipinski definition) is 1. The zero-order valence-corrected chi connectivity index (χ0v) is 16.1. The van der Waals surface area contributed by atoms with Gasteiger partial charge in [-0.1, -0.05) is 13.8 Å². The molecule has 0 unspecified atom stereocenters. The molecule has 0 aromatic heterocycles.